The fraction of sp³-hybridized carbons (Fsp3) is 0.385. The third-order valence-corrected chi connectivity index (χ3v) is 6.16. The number of fused-ring (bicyclic) bond motifs is 1. The van der Waals surface area contributed by atoms with E-state index in [1.165, 1.54) is 56.9 Å². The Labute approximate surface area is 209 Å². The summed E-state index contributed by atoms with van der Waals surface area (Å²) >= 11 is 0. The summed E-state index contributed by atoms with van der Waals surface area (Å²) in [5.41, 5.74) is 1.62. The van der Waals surface area contributed by atoms with Crippen LogP contribution in [0.25, 0.3) is 6.08 Å². The van der Waals surface area contributed by atoms with Gasteiger partial charge in [0.05, 0.1) is 62.5 Å². The molecule has 0 bridgehead atoms. The number of ether oxygens (including phenoxy) is 8. The van der Waals surface area contributed by atoms with Crippen molar-refractivity contribution in [1.82, 2.24) is 0 Å². The van der Waals surface area contributed by atoms with Crippen LogP contribution in [0.1, 0.15) is 22.6 Å². The lowest BCUT2D eigenvalue weighted by molar-refractivity contribution is -0.147. The fourth-order valence-electron chi connectivity index (χ4n) is 4.56. The average Bonchev–Trinajstić information content (AvgIpc) is 2.93. The molecule has 0 aliphatic heterocycles. The number of hydrogen-bond acceptors (Lipinski definition) is 10. The molecule has 0 aromatic heterocycles. The van der Waals surface area contributed by atoms with Gasteiger partial charge in [-0.05, 0) is 12.1 Å². The van der Waals surface area contributed by atoms with Gasteiger partial charge in [0.1, 0.15) is 17.4 Å². The van der Waals surface area contributed by atoms with E-state index < -0.39 is 23.8 Å². The van der Waals surface area contributed by atoms with Crippen LogP contribution in [0.4, 0.5) is 0 Å². The Morgan fingerprint density at radius 2 is 1.19 bits per heavy atom. The van der Waals surface area contributed by atoms with E-state index in [1.54, 1.807) is 24.3 Å². The minimum Gasteiger partial charge on any atom is -0.496 e. The fourth-order valence-corrected chi connectivity index (χ4v) is 4.56. The first-order valence-electron chi connectivity index (χ1n) is 10.9. The van der Waals surface area contributed by atoms with E-state index in [1.807, 2.05) is 0 Å². The summed E-state index contributed by atoms with van der Waals surface area (Å²) in [5, 5.41) is 0. The van der Waals surface area contributed by atoms with Crippen LogP contribution in [0.15, 0.2) is 23.8 Å². The largest absolute Gasteiger partial charge is 0.496 e. The van der Waals surface area contributed by atoms with Gasteiger partial charge in [-0.15, -0.1) is 0 Å². The van der Waals surface area contributed by atoms with Gasteiger partial charge in [-0.3, -0.25) is 4.79 Å². The quantitative estimate of drug-likeness (QED) is 0.474. The molecule has 0 amide bonds. The van der Waals surface area contributed by atoms with E-state index in [0.29, 0.717) is 51.2 Å². The number of carbonyl (C=O) groups is 2. The van der Waals surface area contributed by atoms with Crippen LogP contribution in [0, 0.1) is 5.92 Å². The van der Waals surface area contributed by atoms with Gasteiger partial charge in [0.15, 0.2) is 23.0 Å². The molecule has 0 heterocycles. The lowest BCUT2D eigenvalue weighted by Gasteiger charge is -2.35. The Morgan fingerprint density at radius 3 is 1.69 bits per heavy atom. The van der Waals surface area contributed by atoms with Gasteiger partial charge in [-0.2, -0.15) is 0 Å². The molecular weight excluding hydrogens is 472 g/mol. The predicted molar refractivity (Wildman–Crippen MR) is 130 cm³/mol. The summed E-state index contributed by atoms with van der Waals surface area (Å²) in [6.07, 6.45) is 1.55. The average molecular weight is 503 g/mol. The SMILES string of the molecule is COC(=O)C1=Cc2c(OC)cc(OC)c(OC)c2[C@H](c2cc(OC)c(OC)cc2OC)[C@@H]1C(=O)OC. The Morgan fingerprint density at radius 1 is 0.639 bits per heavy atom. The van der Waals surface area contributed by atoms with Crippen LogP contribution in [0.5, 0.6) is 34.5 Å². The highest BCUT2D eigenvalue weighted by molar-refractivity contribution is 6.03. The van der Waals surface area contributed by atoms with E-state index in [2.05, 4.69) is 0 Å². The second-order valence-electron chi connectivity index (χ2n) is 7.66. The maximum atomic E-state index is 13.3. The third kappa shape index (κ3) is 4.34. The Hall–Kier alpha value is -4.08. The summed E-state index contributed by atoms with van der Waals surface area (Å²) < 4.78 is 43.8. The number of hydrogen-bond donors (Lipinski definition) is 0. The predicted octanol–water partition coefficient (Wildman–Crippen LogP) is 3.23. The maximum Gasteiger partial charge on any atom is 0.334 e. The number of rotatable bonds is 9. The minimum atomic E-state index is -1.13. The van der Waals surface area contributed by atoms with Crippen molar-refractivity contribution in [1.29, 1.82) is 0 Å². The van der Waals surface area contributed by atoms with Crippen LogP contribution in [-0.2, 0) is 19.1 Å². The van der Waals surface area contributed by atoms with Crippen molar-refractivity contribution < 1.29 is 47.5 Å². The van der Waals surface area contributed by atoms with Gasteiger partial charge < -0.3 is 37.9 Å². The van der Waals surface area contributed by atoms with Crippen molar-refractivity contribution in [3.8, 4) is 34.5 Å². The molecule has 194 valence electrons. The van der Waals surface area contributed by atoms with Crippen molar-refractivity contribution in [3.05, 3.63) is 40.5 Å². The highest BCUT2D eigenvalue weighted by Crippen LogP contribution is 2.55. The summed E-state index contributed by atoms with van der Waals surface area (Å²) in [5.74, 6) is -1.04. The number of esters is 2. The highest BCUT2D eigenvalue weighted by Gasteiger charge is 2.46. The van der Waals surface area contributed by atoms with Gasteiger partial charge in [0.2, 0.25) is 0 Å². The number of benzene rings is 2. The molecule has 0 saturated heterocycles. The second kappa shape index (κ2) is 11.1. The molecule has 0 spiro atoms. The molecule has 10 heteroatoms. The second-order valence-corrected chi connectivity index (χ2v) is 7.66. The third-order valence-electron chi connectivity index (χ3n) is 6.16. The molecule has 10 nitrogen and oxygen atoms in total. The van der Waals surface area contributed by atoms with Gasteiger partial charge in [0, 0.05) is 34.7 Å². The van der Waals surface area contributed by atoms with Crippen LogP contribution in [0.3, 0.4) is 0 Å². The zero-order chi connectivity index (χ0) is 26.6. The van der Waals surface area contributed by atoms with Gasteiger partial charge in [-0.1, -0.05) is 0 Å². The standard InChI is InChI=1S/C26H30O10/c1-29-16-11-19(32-4)18(31-3)10-14(16)21-22-13(17(30-2)12-20(33-5)24(22)34-6)9-15(25(27)35-7)23(21)26(28)36-8/h9-12,21,23H,1-8H3/t21-,23+/m0/s1. The van der Waals surface area contributed by atoms with Crippen LogP contribution in [-0.4, -0.2) is 68.8 Å². The van der Waals surface area contributed by atoms with Crippen molar-refractivity contribution in [3.63, 3.8) is 0 Å². The summed E-state index contributed by atoms with van der Waals surface area (Å²) in [6.45, 7) is 0. The number of methoxy groups -OCH3 is 8. The highest BCUT2D eigenvalue weighted by atomic mass is 16.5. The van der Waals surface area contributed by atoms with Crippen molar-refractivity contribution in [2.75, 3.05) is 56.9 Å². The van der Waals surface area contributed by atoms with E-state index >= 15 is 0 Å². The molecule has 1 aliphatic carbocycles. The van der Waals surface area contributed by atoms with E-state index in [0.717, 1.165) is 0 Å². The molecule has 0 radical (unpaired) electrons. The summed E-state index contributed by atoms with van der Waals surface area (Å²) in [4.78, 5) is 26.3. The zero-order valence-corrected chi connectivity index (χ0v) is 21.5. The van der Waals surface area contributed by atoms with E-state index in [-0.39, 0.29) is 5.57 Å². The molecule has 0 saturated carbocycles. The first kappa shape index (κ1) is 26.5. The summed E-state index contributed by atoms with van der Waals surface area (Å²) in [6, 6.07) is 4.97. The topological polar surface area (TPSA) is 108 Å². The van der Waals surface area contributed by atoms with Gasteiger partial charge in [-0.25, -0.2) is 4.79 Å². The van der Waals surface area contributed by atoms with E-state index in [4.69, 9.17) is 37.9 Å². The Bertz CT molecular complexity index is 1180. The molecule has 2 atom stereocenters. The smallest absolute Gasteiger partial charge is 0.334 e. The molecule has 2 aromatic carbocycles. The van der Waals surface area contributed by atoms with Gasteiger partial charge >= 0.3 is 11.9 Å². The molecule has 0 unspecified atom stereocenters. The number of carbonyl (C=O) groups excluding carboxylic acids is 2. The lowest BCUT2D eigenvalue weighted by atomic mass is 9.70. The molecular formula is C26H30O10. The van der Waals surface area contributed by atoms with Crippen molar-refractivity contribution >= 4 is 18.0 Å². The molecule has 0 fully saturated rings. The molecule has 0 N–H and O–H groups in total. The first-order valence-corrected chi connectivity index (χ1v) is 10.9. The maximum absolute atomic E-state index is 13.3. The zero-order valence-electron chi connectivity index (χ0n) is 21.5. The van der Waals surface area contributed by atoms with Crippen LogP contribution < -0.4 is 28.4 Å². The molecule has 2 aromatic rings. The van der Waals surface area contributed by atoms with E-state index in [9.17, 15) is 9.59 Å². The monoisotopic (exact) mass is 502 g/mol. The summed E-state index contributed by atoms with van der Waals surface area (Å²) in [7, 11) is 11.4. The first-order chi connectivity index (χ1) is 17.3. The lowest BCUT2D eigenvalue weighted by Crippen LogP contribution is -2.33. The van der Waals surface area contributed by atoms with Gasteiger partial charge in [0.25, 0.3) is 0 Å². The molecule has 36 heavy (non-hydrogen) atoms. The normalized spacial score (nSPS) is 16.2. The van der Waals surface area contributed by atoms with Crippen molar-refractivity contribution in [2.45, 2.75) is 5.92 Å². The molecule has 3 rings (SSSR count). The Balaban J connectivity index is 2.56. The van der Waals surface area contributed by atoms with Crippen LogP contribution in [0.2, 0.25) is 0 Å². The van der Waals surface area contributed by atoms with Crippen molar-refractivity contribution in [2.24, 2.45) is 5.92 Å². The van der Waals surface area contributed by atoms with Crippen LogP contribution >= 0.6 is 0 Å². The Kier molecular flexibility index (Phi) is 8.18. The minimum absolute atomic E-state index is 0.0733. The molecule has 1 aliphatic rings.